The Bertz CT molecular complexity index is 1300. The van der Waals surface area contributed by atoms with Crippen molar-refractivity contribution >= 4 is 33.4 Å². The van der Waals surface area contributed by atoms with Crippen LogP contribution in [0.15, 0.2) is 89.8 Å². The van der Waals surface area contributed by atoms with Crippen molar-refractivity contribution in [2.24, 2.45) is 0 Å². The molecule has 3 aromatic carbocycles. The third kappa shape index (κ3) is 7.90. The topological polar surface area (TPSA) is 86.8 Å². The first-order valence-corrected chi connectivity index (χ1v) is 14.3. The standard InChI is InChI=1S/C29H34ClN3O4S/c1-4-22(2)31-29(35)27(19-23-11-7-5-8-12-23)33(20-24-13-9-6-10-14-24)28(34)21-32(3)38(36,37)26-17-15-25(30)16-18-26/h5-18,22,27H,4,19-21H2,1-3H3,(H,31,35). The van der Waals surface area contributed by atoms with Crippen LogP contribution in [0.2, 0.25) is 5.02 Å². The molecule has 0 bridgehead atoms. The molecule has 0 aliphatic carbocycles. The molecule has 38 heavy (non-hydrogen) atoms. The fourth-order valence-corrected chi connectivity index (χ4v) is 5.17. The minimum Gasteiger partial charge on any atom is -0.352 e. The van der Waals surface area contributed by atoms with Gasteiger partial charge in [0, 0.05) is 31.1 Å². The van der Waals surface area contributed by atoms with Gasteiger partial charge in [0.1, 0.15) is 6.04 Å². The van der Waals surface area contributed by atoms with Crippen LogP contribution in [0, 0.1) is 0 Å². The first kappa shape index (κ1) is 29.4. The van der Waals surface area contributed by atoms with Crippen molar-refractivity contribution in [2.45, 2.75) is 50.2 Å². The number of sulfonamides is 1. The molecule has 3 rings (SSSR count). The SMILES string of the molecule is CCC(C)NC(=O)C(Cc1ccccc1)N(Cc1ccccc1)C(=O)CN(C)S(=O)(=O)c1ccc(Cl)cc1. The molecule has 0 radical (unpaired) electrons. The number of hydrogen-bond acceptors (Lipinski definition) is 4. The molecule has 2 atom stereocenters. The van der Waals surface area contributed by atoms with E-state index >= 15 is 0 Å². The summed E-state index contributed by atoms with van der Waals surface area (Å²) in [4.78, 5) is 28.8. The van der Waals surface area contributed by atoms with Gasteiger partial charge >= 0.3 is 0 Å². The average Bonchev–Trinajstić information content (AvgIpc) is 2.91. The fraction of sp³-hybridized carbons (Fsp3) is 0.310. The highest BCUT2D eigenvalue weighted by Gasteiger charge is 2.33. The summed E-state index contributed by atoms with van der Waals surface area (Å²) in [6, 6.07) is 23.7. The third-order valence-electron chi connectivity index (χ3n) is 6.35. The van der Waals surface area contributed by atoms with Crippen molar-refractivity contribution in [3.8, 4) is 0 Å². The molecule has 0 saturated heterocycles. The molecule has 202 valence electrons. The molecule has 9 heteroatoms. The maximum absolute atomic E-state index is 13.8. The quantitative estimate of drug-likeness (QED) is 0.356. The lowest BCUT2D eigenvalue weighted by Crippen LogP contribution is -2.54. The Hall–Kier alpha value is -3.20. The van der Waals surface area contributed by atoms with Crippen LogP contribution in [0.4, 0.5) is 0 Å². The predicted molar refractivity (Wildman–Crippen MR) is 150 cm³/mol. The van der Waals surface area contributed by atoms with Gasteiger partial charge in [-0.3, -0.25) is 9.59 Å². The number of hydrogen-bond donors (Lipinski definition) is 1. The van der Waals surface area contributed by atoms with Crippen LogP contribution in [0.25, 0.3) is 0 Å². The van der Waals surface area contributed by atoms with Crippen molar-refractivity contribution in [1.82, 2.24) is 14.5 Å². The van der Waals surface area contributed by atoms with E-state index in [0.29, 0.717) is 5.02 Å². The maximum Gasteiger partial charge on any atom is 0.243 e. The summed E-state index contributed by atoms with van der Waals surface area (Å²) >= 11 is 5.91. The van der Waals surface area contributed by atoms with E-state index in [0.717, 1.165) is 21.9 Å². The summed E-state index contributed by atoms with van der Waals surface area (Å²) in [6.45, 7) is 3.60. The molecule has 2 unspecified atom stereocenters. The molecule has 0 heterocycles. The van der Waals surface area contributed by atoms with Crippen LogP contribution < -0.4 is 5.32 Å². The summed E-state index contributed by atoms with van der Waals surface area (Å²) in [5, 5.41) is 3.42. The van der Waals surface area contributed by atoms with E-state index in [4.69, 9.17) is 11.6 Å². The second kappa shape index (κ2) is 13.6. The van der Waals surface area contributed by atoms with Crippen molar-refractivity contribution in [1.29, 1.82) is 0 Å². The maximum atomic E-state index is 13.8. The zero-order chi connectivity index (χ0) is 27.7. The van der Waals surface area contributed by atoms with Gasteiger partial charge in [0.05, 0.1) is 11.4 Å². The smallest absolute Gasteiger partial charge is 0.243 e. The summed E-state index contributed by atoms with van der Waals surface area (Å²) in [6.07, 6.45) is 1.02. The number of nitrogens with one attached hydrogen (secondary N) is 1. The second-order valence-corrected chi connectivity index (χ2v) is 11.7. The number of rotatable bonds is 12. The molecule has 3 aromatic rings. The predicted octanol–water partition coefficient (Wildman–Crippen LogP) is 4.52. The lowest BCUT2D eigenvalue weighted by Gasteiger charge is -2.33. The summed E-state index contributed by atoms with van der Waals surface area (Å²) in [5.74, 6) is -0.759. The molecule has 0 aliphatic rings. The summed E-state index contributed by atoms with van der Waals surface area (Å²) in [5.41, 5.74) is 1.73. The van der Waals surface area contributed by atoms with E-state index in [-0.39, 0.29) is 29.8 Å². The van der Waals surface area contributed by atoms with Gasteiger partial charge in [0.2, 0.25) is 21.8 Å². The first-order valence-electron chi connectivity index (χ1n) is 12.5. The molecule has 7 nitrogen and oxygen atoms in total. The van der Waals surface area contributed by atoms with Crippen LogP contribution in [0.3, 0.4) is 0 Å². The van der Waals surface area contributed by atoms with Crippen molar-refractivity contribution in [3.63, 3.8) is 0 Å². The van der Waals surface area contributed by atoms with Gasteiger partial charge in [0.15, 0.2) is 0 Å². The minimum absolute atomic E-state index is 0.0298. The molecular formula is C29H34ClN3O4S. The van der Waals surface area contributed by atoms with Gasteiger partial charge in [0.25, 0.3) is 0 Å². The molecule has 0 fully saturated rings. The van der Waals surface area contributed by atoms with Crippen LogP contribution in [0.1, 0.15) is 31.4 Å². The van der Waals surface area contributed by atoms with Gasteiger partial charge in [-0.1, -0.05) is 79.2 Å². The second-order valence-electron chi connectivity index (χ2n) is 9.25. The van der Waals surface area contributed by atoms with Gasteiger partial charge in [-0.25, -0.2) is 8.42 Å². The lowest BCUT2D eigenvalue weighted by atomic mass is 10.0. The van der Waals surface area contributed by atoms with E-state index in [1.807, 2.05) is 74.5 Å². The Balaban J connectivity index is 1.95. The van der Waals surface area contributed by atoms with Crippen LogP contribution in [0.5, 0.6) is 0 Å². The molecule has 1 N–H and O–H groups in total. The monoisotopic (exact) mass is 555 g/mol. The summed E-state index contributed by atoms with van der Waals surface area (Å²) in [7, 11) is -2.60. The highest BCUT2D eigenvalue weighted by molar-refractivity contribution is 7.89. The van der Waals surface area contributed by atoms with Crippen LogP contribution in [-0.4, -0.2) is 55.1 Å². The molecular weight excluding hydrogens is 522 g/mol. The van der Waals surface area contributed by atoms with Crippen LogP contribution in [-0.2, 0) is 32.6 Å². The zero-order valence-electron chi connectivity index (χ0n) is 21.9. The van der Waals surface area contributed by atoms with Crippen molar-refractivity contribution < 1.29 is 18.0 Å². The first-order chi connectivity index (χ1) is 18.1. The Morgan fingerprint density at radius 2 is 1.45 bits per heavy atom. The molecule has 2 amide bonds. The van der Waals surface area contributed by atoms with E-state index < -0.39 is 28.5 Å². The van der Waals surface area contributed by atoms with E-state index in [2.05, 4.69) is 5.32 Å². The minimum atomic E-state index is -3.96. The van der Waals surface area contributed by atoms with Crippen molar-refractivity contribution in [3.05, 3.63) is 101 Å². The number of nitrogens with zero attached hydrogens (tertiary/aromatic N) is 2. The third-order valence-corrected chi connectivity index (χ3v) is 8.42. The number of carbonyl (C=O) groups excluding carboxylic acids is 2. The summed E-state index contributed by atoms with van der Waals surface area (Å²) < 4.78 is 27.3. The highest BCUT2D eigenvalue weighted by Crippen LogP contribution is 2.20. The Morgan fingerprint density at radius 3 is 2.00 bits per heavy atom. The fourth-order valence-electron chi connectivity index (χ4n) is 3.93. The zero-order valence-corrected chi connectivity index (χ0v) is 23.5. The Kier molecular flexibility index (Phi) is 10.5. The number of carbonyl (C=O) groups is 2. The molecule has 0 saturated carbocycles. The van der Waals surface area contributed by atoms with Crippen LogP contribution >= 0.6 is 11.6 Å². The number of benzene rings is 3. The highest BCUT2D eigenvalue weighted by atomic mass is 35.5. The van der Waals surface area contributed by atoms with Gasteiger partial charge < -0.3 is 10.2 Å². The van der Waals surface area contributed by atoms with E-state index in [1.165, 1.54) is 36.2 Å². The van der Waals surface area contributed by atoms with Crippen molar-refractivity contribution in [2.75, 3.05) is 13.6 Å². The van der Waals surface area contributed by atoms with Gasteiger partial charge in [-0.2, -0.15) is 4.31 Å². The van der Waals surface area contributed by atoms with E-state index in [9.17, 15) is 18.0 Å². The number of likely N-dealkylation sites (N-methyl/N-ethyl adjacent to an activating group) is 1. The average molecular weight is 556 g/mol. The Morgan fingerprint density at radius 1 is 0.895 bits per heavy atom. The number of halogens is 1. The molecule has 0 spiro atoms. The van der Waals surface area contributed by atoms with E-state index in [1.54, 1.807) is 0 Å². The number of amides is 2. The normalized spacial score (nSPS) is 13.1. The van der Waals surface area contributed by atoms with Gasteiger partial charge in [-0.05, 0) is 48.7 Å². The Labute approximate surface area is 230 Å². The van der Waals surface area contributed by atoms with Gasteiger partial charge in [-0.15, -0.1) is 0 Å². The molecule has 0 aromatic heterocycles. The molecule has 0 aliphatic heterocycles. The largest absolute Gasteiger partial charge is 0.352 e. The lowest BCUT2D eigenvalue weighted by molar-refractivity contribution is -0.141.